The molecule has 5 aromatic rings. The molecule has 0 amide bonds. The molecule has 45 heavy (non-hydrogen) atoms. The third-order valence-corrected chi connectivity index (χ3v) is 8.02. The van der Waals surface area contributed by atoms with Crippen LogP contribution in [0.25, 0.3) is 39.0 Å². The number of dihydropyridines is 1. The minimum atomic E-state index is 0.513. The Labute approximate surface area is 266 Å². The Balaban J connectivity index is 1.45. The van der Waals surface area contributed by atoms with Crippen molar-refractivity contribution in [2.24, 2.45) is 0 Å². The van der Waals surface area contributed by atoms with Gasteiger partial charge in [-0.1, -0.05) is 121 Å². The largest absolute Gasteiger partial charge is 0.394 e. The third kappa shape index (κ3) is 7.11. The molecule has 0 saturated carbocycles. The minimum absolute atomic E-state index is 0.513. The topological polar surface area (TPSA) is 47.9 Å². The average Bonchev–Trinajstić information content (AvgIpc) is 3.12. The van der Waals surface area contributed by atoms with Crippen LogP contribution in [0.3, 0.4) is 0 Å². The Bertz CT molecular complexity index is 1900. The lowest BCUT2D eigenvalue weighted by molar-refractivity contribution is 0.868. The number of benzene rings is 5. The molecule has 0 atom stereocenters. The van der Waals surface area contributed by atoms with Crippen LogP contribution in [0.1, 0.15) is 23.1 Å². The van der Waals surface area contributed by atoms with E-state index < -0.39 is 0 Å². The molecule has 0 aromatic heterocycles. The summed E-state index contributed by atoms with van der Waals surface area (Å²) in [5.74, 6) is 0. The lowest BCUT2D eigenvalue weighted by Gasteiger charge is -2.20. The van der Waals surface area contributed by atoms with Gasteiger partial charge in [-0.3, -0.25) is 5.41 Å². The fraction of sp³-hybridized carbons (Fsp3) is 0.0714. The number of allylic oxidation sites excluding steroid dienone is 5. The van der Waals surface area contributed by atoms with E-state index in [0.29, 0.717) is 5.71 Å². The maximum absolute atomic E-state index is 9.36. The van der Waals surface area contributed by atoms with Gasteiger partial charge in [-0.15, -0.1) is 0 Å². The predicted octanol–water partition coefficient (Wildman–Crippen LogP) is 9.65. The van der Waals surface area contributed by atoms with Crippen LogP contribution in [0.2, 0.25) is 0 Å². The highest BCUT2D eigenvalue weighted by Crippen LogP contribution is 2.36. The van der Waals surface area contributed by atoms with Crippen molar-refractivity contribution in [3.05, 3.63) is 186 Å². The molecule has 3 heteroatoms. The fourth-order valence-corrected chi connectivity index (χ4v) is 5.63. The number of hydrogen-bond acceptors (Lipinski definition) is 3. The Morgan fingerprint density at radius 3 is 1.98 bits per heavy atom. The molecular formula is C42H37N3. The van der Waals surface area contributed by atoms with Gasteiger partial charge in [-0.05, 0) is 87.1 Å². The number of nitrogens with one attached hydrogen (secondary N) is 3. The highest BCUT2D eigenvalue weighted by molar-refractivity contribution is 6.15. The maximum atomic E-state index is 9.36. The Morgan fingerprint density at radius 1 is 0.667 bits per heavy atom. The highest BCUT2D eigenvalue weighted by Gasteiger charge is 2.17. The smallest absolute Gasteiger partial charge is 0.0690 e. The van der Waals surface area contributed by atoms with E-state index in [4.69, 9.17) is 0 Å². The van der Waals surface area contributed by atoms with Crippen LogP contribution in [-0.4, -0.2) is 19.3 Å². The number of rotatable bonds is 10. The predicted molar refractivity (Wildman–Crippen MR) is 191 cm³/mol. The highest BCUT2D eigenvalue weighted by atomic mass is 14.9. The Morgan fingerprint density at radius 2 is 1.31 bits per heavy atom. The van der Waals surface area contributed by atoms with E-state index in [2.05, 4.69) is 126 Å². The van der Waals surface area contributed by atoms with Gasteiger partial charge in [0.1, 0.15) is 0 Å². The molecule has 5 aromatic carbocycles. The van der Waals surface area contributed by atoms with Crippen LogP contribution >= 0.6 is 0 Å². The molecule has 0 fully saturated rings. The van der Waals surface area contributed by atoms with Crippen LogP contribution in [0, 0.1) is 5.41 Å². The van der Waals surface area contributed by atoms with Crippen molar-refractivity contribution in [1.82, 2.24) is 10.6 Å². The lowest BCUT2D eigenvalue weighted by atomic mass is 9.87. The minimum Gasteiger partial charge on any atom is -0.394 e. The molecule has 1 heterocycles. The Hall–Kier alpha value is -5.67. The monoisotopic (exact) mass is 583 g/mol. The third-order valence-electron chi connectivity index (χ3n) is 8.02. The first kappa shape index (κ1) is 29.4. The van der Waals surface area contributed by atoms with Crippen molar-refractivity contribution >= 4 is 11.3 Å². The van der Waals surface area contributed by atoms with Crippen LogP contribution in [-0.2, 0) is 0 Å². The van der Waals surface area contributed by atoms with E-state index in [1.807, 2.05) is 55.7 Å². The van der Waals surface area contributed by atoms with Crippen LogP contribution in [0.4, 0.5) is 0 Å². The van der Waals surface area contributed by atoms with Crippen LogP contribution in [0.15, 0.2) is 170 Å². The van der Waals surface area contributed by atoms with Gasteiger partial charge in [0, 0.05) is 36.8 Å². The SMILES string of the molecule is CN/C=C\C=C/CC1=CC=C(c2cc(-c3ccccc3)cc(-c3ccc(-c4ccccc4)cc3C(=N)c3ccccc3)c2)CN1. The summed E-state index contributed by atoms with van der Waals surface area (Å²) in [5.41, 5.74) is 12.6. The van der Waals surface area contributed by atoms with E-state index in [1.165, 1.54) is 22.4 Å². The molecule has 0 unspecified atom stereocenters. The molecule has 3 nitrogen and oxygen atoms in total. The van der Waals surface area contributed by atoms with Gasteiger partial charge < -0.3 is 10.6 Å². The lowest BCUT2D eigenvalue weighted by Crippen LogP contribution is -2.18. The first-order chi connectivity index (χ1) is 22.2. The molecule has 0 bridgehead atoms. The molecule has 3 N–H and O–H groups in total. The normalized spacial score (nSPS) is 12.9. The molecule has 0 saturated heterocycles. The van der Waals surface area contributed by atoms with Crippen molar-refractivity contribution in [2.45, 2.75) is 6.42 Å². The zero-order valence-corrected chi connectivity index (χ0v) is 25.5. The summed E-state index contributed by atoms with van der Waals surface area (Å²) < 4.78 is 0. The van der Waals surface area contributed by atoms with Crippen molar-refractivity contribution in [1.29, 1.82) is 5.41 Å². The van der Waals surface area contributed by atoms with E-state index in [9.17, 15) is 5.41 Å². The summed E-state index contributed by atoms with van der Waals surface area (Å²) in [7, 11) is 1.90. The van der Waals surface area contributed by atoms with Gasteiger partial charge in [-0.2, -0.15) is 0 Å². The van der Waals surface area contributed by atoms with Gasteiger partial charge >= 0.3 is 0 Å². The zero-order valence-electron chi connectivity index (χ0n) is 25.5. The molecule has 1 aliphatic rings. The summed E-state index contributed by atoms with van der Waals surface area (Å²) >= 11 is 0. The van der Waals surface area contributed by atoms with Crippen molar-refractivity contribution in [3.63, 3.8) is 0 Å². The summed E-state index contributed by atoms with van der Waals surface area (Å²) in [6, 6.07) is 44.3. The first-order valence-corrected chi connectivity index (χ1v) is 15.4. The van der Waals surface area contributed by atoms with Crippen molar-refractivity contribution < 1.29 is 0 Å². The van der Waals surface area contributed by atoms with Crippen LogP contribution in [0.5, 0.6) is 0 Å². The summed E-state index contributed by atoms with van der Waals surface area (Å²) in [6.45, 7) is 0.753. The summed E-state index contributed by atoms with van der Waals surface area (Å²) in [4.78, 5) is 0. The zero-order chi connectivity index (χ0) is 30.8. The average molecular weight is 584 g/mol. The van der Waals surface area contributed by atoms with Gasteiger partial charge in [0.15, 0.2) is 0 Å². The van der Waals surface area contributed by atoms with Gasteiger partial charge in [-0.25, -0.2) is 0 Å². The van der Waals surface area contributed by atoms with Gasteiger partial charge in [0.25, 0.3) is 0 Å². The standard InChI is InChI=1S/C42H37N3/c1-44-25-13-5-12-20-39-23-21-35(30-45-39)37-26-36(32-16-8-3-9-17-32)27-38(28-37)40-24-22-34(31-14-6-2-7-15-31)29-41(40)42(43)33-18-10-4-11-19-33/h2-19,21-29,43-45H,20,30H2,1H3/b12-5-,25-13-,43-42?. The second-order valence-electron chi connectivity index (χ2n) is 11.0. The fourth-order valence-electron chi connectivity index (χ4n) is 5.63. The summed E-state index contributed by atoms with van der Waals surface area (Å²) in [6.07, 6.45) is 13.4. The Kier molecular flexibility index (Phi) is 9.28. The quantitative estimate of drug-likeness (QED) is 0.113. The molecule has 0 spiro atoms. The van der Waals surface area contributed by atoms with Gasteiger partial charge in [0.2, 0.25) is 0 Å². The second kappa shape index (κ2) is 14.2. The van der Waals surface area contributed by atoms with Gasteiger partial charge in [0.05, 0.1) is 5.71 Å². The molecule has 0 aliphatic carbocycles. The maximum Gasteiger partial charge on any atom is 0.0690 e. The molecule has 220 valence electrons. The van der Waals surface area contributed by atoms with E-state index in [0.717, 1.165) is 51.9 Å². The van der Waals surface area contributed by atoms with Crippen LogP contribution < -0.4 is 10.6 Å². The number of hydrogen-bond donors (Lipinski definition) is 3. The first-order valence-electron chi connectivity index (χ1n) is 15.4. The molecular weight excluding hydrogens is 546 g/mol. The summed E-state index contributed by atoms with van der Waals surface area (Å²) in [5, 5.41) is 16.0. The molecule has 6 rings (SSSR count). The molecule has 0 radical (unpaired) electrons. The van der Waals surface area contributed by atoms with E-state index in [1.54, 1.807) is 0 Å². The van der Waals surface area contributed by atoms with E-state index in [-0.39, 0.29) is 0 Å². The molecule has 1 aliphatic heterocycles. The van der Waals surface area contributed by atoms with Crippen molar-refractivity contribution in [3.8, 4) is 33.4 Å². The van der Waals surface area contributed by atoms with E-state index >= 15 is 0 Å². The van der Waals surface area contributed by atoms with Crippen molar-refractivity contribution in [2.75, 3.05) is 13.6 Å². The second-order valence-corrected chi connectivity index (χ2v) is 11.0.